The van der Waals surface area contributed by atoms with Crippen LogP contribution in [0.4, 0.5) is 0 Å². The molecule has 2 nitrogen and oxygen atoms in total. The fourth-order valence-corrected chi connectivity index (χ4v) is 2.85. The first-order chi connectivity index (χ1) is 7.64. The molecular formula is C14H25NO. The Labute approximate surface area is 99.7 Å². The second-order valence-electron chi connectivity index (χ2n) is 5.48. The minimum absolute atomic E-state index is 0.403. The van der Waals surface area contributed by atoms with Crippen LogP contribution >= 0.6 is 0 Å². The van der Waals surface area contributed by atoms with E-state index in [-0.39, 0.29) is 0 Å². The van der Waals surface area contributed by atoms with Gasteiger partial charge >= 0.3 is 0 Å². The van der Waals surface area contributed by atoms with E-state index in [2.05, 4.69) is 19.9 Å². The molecule has 0 aromatic heterocycles. The molecule has 3 unspecified atom stereocenters. The van der Waals surface area contributed by atoms with Crippen molar-refractivity contribution in [3.8, 4) is 6.07 Å². The highest BCUT2D eigenvalue weighted by Gasteiger charge is 2.43. The molecule has 0 bridgehead atoms. The molecule has 0 spiro atoms. The zero-order valence-electron chi connectivity index (χ0n) is 10.7. The predicted octanol–water partition coefficient (Wildman–Crippen LogP) is 3.65. The lowest BCUT2D eigenvalue weighted by Gasteiger charge is -2.27. The predicted molar refractivity (Wildman–Crippen MR) is 65.8 cm³/mol. The maximum atomic E-state index is 10.2. The van der Waals surface area contributed by atoms with Crippen molar-refractivity contribution in [1.29, 1.82) is 5.26 Å². The summed E-state index contributed by atoms with van der Waals surface area (Å²) < 4.78 is 0. The van der Waals surface area contributed by atoms with Crippen LogP contribution < -0.4 is 0 Å². The van der Waals surface area contributed by atoms with Crippen molar-refractivity contribution in [3.05, 3.63) is 0 Å². The minimum Gasteiger partial charge on any atom is -0.391 e. The van der Waals surface area contributed by atoms with Crippen molar-refractivity contribution in [1.82, 2.24) is 0 Å². The second-order valence-corrected chi connectivity index (χ2v) is 5.48. The summed E-state index contributed by atoms with van der Waals surface area (Å²) in [6.07, 6.45) is 7.98. The Hall–Kier alpha value is -0.550. The van der Waals surface area contributed by atoms with Gasteiger partial charge in [0, 0.05) is 0 Å². The third-order valence-electron chi connectivity index (χ3n) is 3.99. The lowest BCUT2D eigenvalue weighted by atomic mass is 9.79. The van der Waals surface area contributed by atoms with E-state index in [1.165, 1.54) is 19.3 Å². The molecule has 0 aliphatic heterocycles. The SMILES string of the molecule is CCCCCCC(O)C1(C#N)CCC(C)C1. The van der Waals surface area contributed by atoms with Crippen LogP contribution in [-0.4, -0.2) is 11.2 Å². The van der Waals surface area contributed by atoms with Crippen LogP contribution in [0.2, 0.25) is 0 Å². The fourth-order valence-electron chi connectivity index (χ4n) is 2.85. The van der Waals surface area contributed by atoms with E-state index in [1.807, 2.05) is 0 Å². The van der Waals surface area contributed by atoms with Crippen LogP contribution in [-0.2, 0) is 0 Å². The third-order valence-corrected chi connectivity index (χ3v) is 3.99. The molecule has 1 fully saturated rings. The number of nitrogens with zero attached hydrogens (tertiary/aromatic N) is 1. The van der Waals surface area contributed by atoms with E-state index in [1.54, 1.807) is 0 Å². The molecule has 3 atom stereocenters. The topological polar surface area (TPSA) is 44.0 Å². The molecule has 0 radical (unpaired) electrons. The van der Waals surface area contributed by atoms with Gasteiger partial charge in [0.25, 0.3) is 0 Å². The smallest absolute Gasteiger partial charge is 0.0834 e. The summed E-state index contributed by atoms with van der Waals surface area (Å²) in [5.74, 6) is 0.602. The minimum atomic E-state index is -0.425. The lowest BCUT2D eigenvalue weighted by molar-refractivity contribution is 0.0554. The van der Waals surface area contributed by atoms with Gasteiger partial charge in [-0.05, 0) is 31.6 Å². The van der Waals surface area contributed by atoms with Gasteiger partial charge in [0.05, 0.1) is 17.6 Å². The number of unbranched alkanes of at least 4 members (excludes halogenated alkanes) is 3. The van der Waals surface area contributed by atoms with E-state index < -0.39 is 11.5 Å². The van der Waals surface area contributed by atoms with Crippen LogP contribution in [0.5, 0.6) is 0 Å². The molecule has 2 heteroatoms. The highest BCUT2D eigenvalue weighted by Crippen LogP contribution is 2.44. The Balaban J connectivity index is 2.39. The van der Waals surface area contributed by atoms with Gasteiger partial charge in [0.2, 0.25) is 0 Å². The zero-order valence-corrected chi connectivity index (χ0v) is 10.7. The molecule has 1 saturated carbocycles. The Morgan fingerprint density at radius 1 is 1.44 bits per heavy atom. The Bertz CT molecular complexity index is 246. The van der Waals surface area contributed by atoms with Gasteiger partial charge in [-0.3, -0.25) is 0 Å². The van der Waals surface area contributed by atoms with Crippen molar-refractivity contribution in [2.45, 2.75) is 71.3 Å². The maximum absolute atomic E-state index is 10.2. The number of nitriles is 1. The van der Waals surface area contributed by atoms with E-state index in [4.69, 9.17) is 0 Å². The van der Waals surface area contributed by atoms with Gasteiger partial charge in [-0.2, -0.15) is 5.26 Å². The van der Waals surface area contributed by atoms with Crippen molar-refractivity contribution in [2.24, 2.45) is 11.3 Å². The van der Waals surface area contributed by atoms with E-state index in [9.17, 15) is 10.4 Å². The molecule has 16 heavy (non-hydrogen) atoms. The molecular weight excluding hydrogens is 198 g/mol. The van der Waals surface area contributed by atoms with Crippen LogP contribution in [0, 0.1) is 22.7 Å². The van der Waals surface area contributed by atoms with Gasteiger partial charge in [-0.1, -0.05) is 39.5 Å². The molecule has 92 valence electrons. The molecule has 1 aliphatic carbocycles. The molecule has 1 N–H and O–H groups in total. The first-order valence-corrected chi connectivity index (χ1v) is 6.74. The quantitative estimate of drug-likeness (QED) is 0.698. The largest absolute Gasteiger partial charge is 0.391 e. The summed E-state index contributed by atoms with van der Waals surface area (Å²) in [5.41, 5.74) is -0.425. The first kappa shape index (κ1) is 13.5. The van der Waals surface area contributed by atoms with Gasteiger partial charge in [-0.15, -0.1) is 0 Å². The van der Waals surface area contributed by atoms with Gasteiger partial charge in [0.1, 0.15) is 0 Å². The van der Waals surface area contributed by atoms with Crippen LogP contribution in [0.15, 0.2) is 0 Å². The fraction of sp³-hybridized carbons (Fsp3) is 0.929. The lowest BCUT2D eigenvalue weighted by Crippen LogP contribution is -2.31. The third kappa shape index (κ3) is 3.22. The average molecular weight is 223 g/mol. The molecule has 1 aliphatic rings. The van der Waals surface area contributed by atoms with Gasteiger partial charge in [-0.25, -0.2) is 0 Å². The number of aliphatic hydroxyl groups is 1. The molecule has 0 saturated heterocycles. The summed E-state index contributed by atoms with van der Waals surface area (Å²) in [6.45, 7) is 4.37. The van der Waals surface area contributed by atoms with Crippen molar-refractivity contribution in [3.63, 3.8) is 0 Å². The highest BCUT2D eigenvalue weighted by molar-refractivity contribution is 5.07. The van der Waals surface area contributed by atoms with Crippen LogP contribution in [0.3, 0.4) is 0 Å². The van der Waals surface area contributed by atoms with Crippen molar-refractivity contribution >= 4 is 0 Å². The number of aliphatic hydroxyl groups excluding tert-OH is 1. The van der Waals surface area contributed by atoms with E-state index in [0.717, 1.165) is 32.1 Å². The Morgan fingerprint density at radius 2 is 2.19 bits per heavy atom. The van der Waals surface area contributed by atoms with Gasteiger partial charge in [0.15, 0.2) is 0 Å². The molecule has 0 aromatic carbocycles. The Morgan fingerprint density at radius 3 is 2.69 bits per heavy atom. The molecule has 0 amide bonds. The summed E-state index contributed by atoms with van der Waals surface area (Å²) in [4.78, 5) is 0. The highest BCUT2D eigenvalue weighted by atomic mass is 16.3. The summed E-state index contributed by atoms with van der Waals surface area (Å²) in [5, 5.41) is 19.5. The first-order valence-electron chi connectivity index (χ1n) is 6.74. The molecule has 0 heterocycles. The normalized spacial score (nSPS) is 31.2. The number of hydrogen-bond donors (Lipinski definition) is 1. The number of hydrogen-bond acceptors (Lipinski definition) is 2. The average Bonchev–Trinajstić information content (AvgIpc) is 2.67. The summed E-state index contributed by atoms with van der Waals surface area (Å²) in [7, 11) is 0. The molecule has 0 aromatic rings. The monoisotopic (exact) mass is 223 g/mol. The van der Waals surface area contributed by atoms with Crippen LogP contribution in [0.25, 0.3) is 0 Å². The van der Waals surface area contributed by atoms with E-state index in [0.29, 0.717) is 5.92 Å². The maximum Gasteiger partial charge on any atom is 0.0834 e. The van der Waals surface area contributed by atoms with E-state index >= 15 is 0 Å². The molecule has 1 rings (SSSR count). The number of rotatable bonds is 6. The second kappa shape index (κ2) is 6.25. The van der Waals surface area contributed by atoms with Crippen molar-refractivity contribution in [2.75, 3.05) is 0 Å². The van der Waals surface area contributed by atoms with Crippen molar-refractivity contribution < 1.29 is 5.11 Å². The van der Waals surface area contributed by atoms with Crippen LogP contribution in [0.1, 0.15) is 65.2 Å². The van der Waals surface area contributed by atoms with Gasteiger partial charge < -0.3 is 5.11 Å². The Kier molecular flexibility index (Phi) is 5.28. The standard InChI is InChI=1S/C14H25NO/c1-3-4-5-6-7-13(16)14(11-15)9-8-12(2)10-14/h12-13,16H,3-10H2,1-2H3. The zero-order chi connectivity index (χ0) is 12.0. The summed E-state index contributed by atoms with van der Waals surface area (Å²) >= 11 is 0. The summed E-state index contributed by atoms with van der Waals surface area (Å²) in [6, 6.07) is 2.40.